The molecule has 2 aromatic rings. The second kappa shape index (κ2) is 6.53. The van der Waals surface area contributed by atoms with E-state index in [1.807, 2.05) is 17.0 Å². The molecule has 0 aromatic heterocycles. The van der Waals surface area contributed by atoms with E-state index in [9.17, 15) is 13.2 Å². The summed E-state index contributed by atoms with van der Waals surface area (Å²) in [5, 5.41) is 0.572. The second-order valence-electron chi connectivity index (χ2n) is 7.56. The van der Waals surface area contributed by atoms with Crippen molar-refractivity contribution in [1.29, 1.82) is 0 Å². The highest BCUT2D eigenvalue weighted by Crippen LogP contribution is 2.47. The highest BCUT2D eigenvalue weighted by Gasteiger charge is 2.47. The molecule has 0 spiro atoms. The monoisotopic (exact) mass is 404 g/mol. The third-order valence-electron chi connectivity index (χ3n) is 5.23. The fraction of sp³-hybridized carbons (Fsp3) is 0.350. The maximum Gasteiger partial charge on any atom is 0.236 e. The lowest BCUT2D eigenvalue weighted by atomic mass is 9.98. The minimum absolute atomic E-state index is 0.0815. The van der Waals surface area contributed by atoms with Crippen LogP contribution in [0, 0.1) is 0 Å². The van der Waals surface area contributed by atoms with Gasteiger partial charge in [0.15, 0.2) is 0 Å². The van der Waals surface area contributed by atoms with Crippen LogP contribution in [0.4, 0.5) is 11.4 Å². The van der Waals surface area contributed by atoms with Crippen LogP contribution in [-0.2, 0) is 27.0 Å². The zero-order chi connectivity index (χ0) is 19.2. The zero-order valence-electron chi connectivity index (χ0n) is 15.0. The summed E-state index contributed by atoms with van der Waals surface area (Å²) in [6.45, 7) is 2.10. The molecule has 1 heterocycles. The third kappa shape index (κ3) is 3.82. The Bertz CT molecular complexity index is 998. The van der Waals surface area contributed by atoms with Crippen LogP contribution in [0.1, 0.15) is 37.3 Å². The normalized spacial score (nSPS) is 18.1. The van der Waals surface area contributed by atoms with Gasteiger partial charge >= 0.3 is 0 Å². The lowest BCUT2D eigenvalue weighted by Gasteiger charge is -2.35. The van der Waals surface area contributed by atoms with E-state index < -0.39 is 10.0 Å². The van der Waals surface area contributed by atoms with E-state index in [-0.39, 0.29) is 17.2 Å². The number of nitrogens with zero attached hydrogens (tertiary/aromatic N) is 1. The number of fused-ring (bicyclic) bond motifs is 1. The fourth-order valence-electron chi connectivity index (χ4n) is 3.57. The number of carbonyl (C=O) groups is 1. The predicted molar refractivity (Wildman–Crippen MR) is 108 cm³/mol. The number of hydrogen-bond acceptors (Lipinski definition) is 3. The molecular formula is C20H21ClN2O3S. The number of amides is 1. The minimum atomic E-state index is -3.54. The summed E-state index contributed by atoms with van der Waals surface area (Å²) in [7, 11) is -3.54. The molecule has 2 aliphatic rings. The first-order valence-corrected chi connectivity index (χ1v) is 11.0. The summed E-state index contributed by atoms with van der Waals surface area (Å²) in [6, 6.07) is 12.2. The topological polar surface area (TPSA) is 66.5 Å². The molecular weight excluding hydrogens is 384 g/mol. The number of nitrogens with one attached hydrogen (secondary N) is 1. The lowest BCUT2D eigenvalue weighted by Crippen LogP contribution is -2.43. The van der Waals surface area contributed by atoms with Gasteiger partial charge in [0, 0.05) is 28.4 Å². The maximum absolute atomic E-state index is 12.5. The molecule has 0 radical (unpaired) electrons. The second-order valence-corrected chi connectivity index (χ2v) is 9.72. The Morgan fingerprint density at radius 3 is 2.48 bits per heavy atom. The minimum Gasteiger partial charge on any atom is -0.306 e. The Morgan fingerprint density at radius 1 is 1.11 bits per heavy atom. The molecule has 0 atom stereocenters. The van der Waals surface area contributed by atoms with Crippen molar-refractivity contribution in [2.75, 3.05) is 9.62 Å². The van der Waals surface area contributed by atoms with Gasteiger partial charge in [0.05, 0.1) is 5.75 Å². The van der Waals surface area contributed by atoms with E-state index in [2.05, 4.69) is 11.6 Å². The molecule has 27 heavy (non-hydrogen) atoms. The van der Waals surface area contributed by atoms with Crippen molar-refractivity contribution in [3.63, 3.8) is 0 Å². The van der Waals surface area contributed by atoms with Crippen molar-refractivity contribution < 1.29 is 13.2 Å². The number of sulfonamides is 1. The first-order chi connectivity index (χ1) is 12.8. The molecule has 1 aliphatic heterocycles. The van der Waals surface area contributed by atoms with Gasteiger partial charge in [0.2, 0.25) is 15.9 Å². The van der Waals surface area contributed by atoms with Crippen molar-refractivity contribution in [3.8, 4) is 0 Å². The summed E-state index contributed by atoms with van der Waals surface area (Å²) in [6.07, 6.45) is 3.11. The number of aryl methyl sites for hydroxylation is 1. The number of rotatable bonds is 5. The molecule has 1 aliphatic carbocycles. The lowest BCUT2D eigenvalue weighted by molar-refractivity contribution is -0.119. The molecule has 5 nitrogen and oxygen atoms in total. The van der Waals surface area contributed by atoms with Gasteiger partial charge in [-0.25, -0.2) is 8.42 Å². The van der Waals surface area contributed by atoms with Crippen molar-refractivity contribution in [2.24, 2.45) is 0 Å². The largest absolute Gasteiger partial charge is 0.306 e. The van der Waals surface area contributed by atoms with E-state index in [4.69, 9.17) is 11.6 Å². The quantitative estimate of drug-likeness (QED) is 0.815. The summed E-state index contributed by atoms with van der Waals surface area (Å²) < 4.78 is 27.6. The predicted octanol–water partition coefficient (Wildman–Crippen LogP) is 4.11. The number of anilines is 2. The van der Waals surface area contributed by atoms with Gasteiger partial charge in [0.1, 0.15) is 0 Å². The van der Waals surface area contributed by atoms with Crippen molar-refractivity contribution in [2.45, 2.75) is 43.9 Å². The summed E-state index contributed by atoms with van der Waals surface area (Å²) >= 11 is 5.85. The molecule has 1 fully saturated rings. The van der Waals surface area contributed by atoms with E-state index >= 15 is 0 Å². The van der Waals surface area contributed by atoms with E-state index in [0.29, 0.717) is 29.1 Å². The Kier molecular flexibility index (Phi) is 4.43. The smallest absolute Gasteiger partial charge is 0.236 e. The van der Waals surface area contributed by atoms with Crippen LogP contribution < -0.4 is 9.62 Å². The number of halogens is 1. The molecule has 1 N–H and O–H groups in total. The van der Waals surface area contributed by atoms with Gasteiger partial charge in [-0.15, -0.1) is 0 Å². The van der Waals surface area contributed by atoms with E-state index in [1.54, 1.807) is 30.3 Å². The van der Waals surface area contributed by atoms with E-state index in [0.717, 1.165) is 24.1 Å². The van der Waals surface area contributed by atoms with Crippen LogP contribution in [0.3, 0.4) is 0 Å². The van der Waals surface area contributed by atoms with Gasteiger partial charge in [0.25, 0.3) is 0 Å². The maximum atomic E-state index is 12.5. The van der Waals surface area contributed by atoms with Crippen LogP contribution in [0.5, 0.6) is 0 Å². The summed E-state index contributed by atoms with van der Waals surface area (Å²) in [5.41, 5.74) is 3.03. The average Bonchev–Trinajstić information content (AvgIpc) is 3.34. The van der Waals surface area contributed by atoms with Gasteiger partial charge in [-0.05, 0) is 67.6 Å². The van der Waals surface area contributed by atoms with E-state index in [1.165, 1.54) is 0 Å². The van der Waals surface area contributed by atoms with Crippen LogP contribution >= 0.6 is 11.6 Å². The van der Waals surface area contributed by atoms with Crippen molar-refractivity contribution in [3.05, 3.63) is 58.6 Å². The van der Waals surface area contributed by atoms with Crippen molar-refractivity contribution >= 4 is 38.9 Å². The van der Waals surface area contributed by atoms with Crippen LogP contribution in [-0.4, -0.2) is 19.9 Å². The first kappa shape index (κ1) is 18.3. The molecule has 4 rings (SSSR count). The third-order valence-corrected chi connectivity index (χ3v) is 6.75. The van der Waals surface area contributed by atoms with Crippen molar-refractivity contribution in [1.82, 2.24) is 0 Å². The molecule has 0 unspecified atom stereocenters. The standard InChI is InChI=1S/C20H21ClN2O3S/c1-20(10-11-20)23-18-8-7-17(12-15(18)4-9-19(23)24)22-27(25,26)13-14-2-5-16(21)6-3-14/h2-3,5-8,12,22H,4,9-11,13H2,1H3. The Morgan fingerprint density at radius 2 is 1.81 bits per heavy atom. The number of benzene rings is 2. The van der Waals surface area contributed by atoms with Gasteiger partial charge in [-0.1, -0.05) is 23.7 Å². The molecule has 2 aromatic carbocycles. The number of carbonyl (C=O) groups excluding carboxylic acids is 1. The number of hydrogen-bond donors (Lipinski definition) is 1. The molecule has 7 heteroatoms. The highest BCUT2D eigenvalue weighted by molar-refractivity contribution is 7.91. The van der Waals surface area contributed by atoms with Gasteiger partial charge in [-0.2, -0.15) is 0 Å². The molecule has 1 amide bonds. The van der Waals surface area contributed by atoms with Gasteiger partial charge < -0.3 is 4.90 Å². The SMILES string of the molecule is CC1(N2C(=O)CCc3cc(NS(=O)(=O)Cc4ccc(Cl)cc4)ccc32)CC1. The molecule has 0 saturated heterocycles. The Hall–Kier alpha value is -2.05. The average molecular weight is 405 g/mol. The van der Waals surface area contributed by atoms with Crippen LogP contribution in [0.2, 0.25) is 5.02 Å². The first-order valence-electron chi connectivity index (χ1n) is 8.97. The molecule has 1 saturated carbocycles. The summed E-state index contributed by atoms with van der Waals surface area (Å²) in [5.74, 6) is 0.0304. The summed E-state index contributed by atoms with van der Waals surface area (Å²) in [4.78, 5) is 14.3. The van der Waals surface area contributed by atoms with Gasteiger partial charge in [-0.3, -0.25) is 9.52 Å². The highest BCUT2D eigenvalue weighted by atomic mass is 35.5. The molecule has 0 bridgehead atoms. The van der Waals surface area contributed by atoms with Crippen LogP contribution in [0.15, 0.2) is 42.5 Å². The Balaban J connectivity index is 1.55. The zero-order valence-corrected chi connectivity index (χ0v) is 16.6. The Labute approximate surface area is 164 Å². The fourth-order valence-corrected chi connectivity index (χ4v) is 4.88. The van der Waals surface area contributed by atoms with Crippen LogP contribution in [0.25, 0.3) is 0 Å². The molecule has 142 valence electrons.